The van der Waals surface area contributed by atoms with E-state index in [1.165, 1.54) is 12.3 Å². The molecule has 0 aliphatic carbocycles. The van der Waals surface area contributed by atoms with E-state index in [9.17, 15) is 9.59 Å². The monoisotopic (exact) mass is 264 g/mol. The predicted molar refractivity (Wildman–Crippen MR) is 66.6 cm³/mol. The summed E-state index contributed by atoms with van der Waals surface area (Å²) in [6, 6.07) is 8.96. The van der Waals surface area contributed by atoms with Crippen molar-refractivity contribution in [2.75, 3.05) is 5.32 Å². The Morgan fingerprint density at radius 2 is 2.00 bits per heavy atom. The van der Waals surface area contributed by atoms with Crippen molar-refractivity contribution in [1.82, 2.24) is 5.32 Å². The van der Waals surface area contributed by atoms with Crippen molar-refractivity contribution in [1.29, 1.82) is 0 Å². The molecule has 0 atom stereocenters. The van der Waals surface area contributed by atoms with Crippen molar-refractivity contribution < 1.29 is 14.0 Å². The van der Waals surface area contributed by atoms with Gasteiger partial charge >= 0.3 is 6.03 Å². The number of rotatable bonds is 2. The summed E-state index contributed by atoms with van der Waals surface area (Å²) in [5, 5.41) is 5.09. The first kappa shape index (κ1) is 12.2. The Kier molecular flexibility index (Phi) is 3.64. The lowest BCUT2D eigenvalue weighted by atomic mass is 10.3. The highest BCUT2D eigenvalue weighted by Gasteiger charge is 2.12. The number of urea groups is 1. The van der Waals surface area contributed by atoms with E-state index >= 15 is 0 Å². The van der Waals surface area contributed by atoms with Crippen LogP contribution in [0.25, 0.3) is 0 Å². The van der Waals surface area contributed by atoms with E-state index < -0.39 is 11.9 Å². The number of nitrogens with one attached hydrogen (secondary N) is 2. The van der Waals surface area contributed by atoms with Crippen LogP contribution in [0.5, 0.6) is 0 Å². The molecule has 6 heteroatoms. The quantitative estimate of drug-likeness (QED) is 0.876. The zero-order chi connectivity index (χ0) is 13.0. The van der Waals surface area contributed by atoms with Gasteiger partial charge in [-0.05, 0) is 30.3 Å². The van der Waals surface area contributed by atoms with Gasteiger partial charge in [0, 0.05) is 10.7 Å². The first-order valence-electron chi connectivity index (χ1n) is 5.06. The van der Waals surface area contributed by atoms with Gasteiger partial charge in [-0.25, -0.2) is 4.79 Å². The molecular weight excluding hydrogens is 256 g/mol. The van der Waals surface area contributed by atoms with Crippen LogP contribution in [0.1, 0.15) is 10.6 Å². The molecule has 92 valence electrons. The van der Waals surface area contributed by atoms with Gasteiger partial charge in [-0.1, -0.05) is 17.7 Å². The van der Waals surface area contributed by atoms with Crippen molar-refractivity contribution in [2.24, 2.45) is 0 Å². The van der Waals surface area contributed by atoms with Crippen LogP contribution < -0.4 is 10.6 Å². The van der Waals surface area contributed by atoms with Crippen LogP contribution in [-0.4, -0.2) is 11.9 Å². The molecule has 0 saturated carbocycles. The molecule has 0 radical (unpaired) electrons. The summed E-state index contributed by atoms with van der Waals surface area (Å²) < 4.78 is 4.85. The maximum absolute atomic E-state index is 11.5. The lowest BCUT2D eigenvalue weighted by Crippen LogP contribution is -2.34. The predicted octanol–water partition coefficient (Wildman–Crippen LogP) is 2.89. The van der Waals surface area contributed by atoms with Gasteiger partial charge in [0.15, 0.2) is 5.76 Å². The van der Waals surface area contributed by atoms with E-state index in [1.54, 1.807) is 30.3 Å². The third kappa shape index (κ3) is 3.11. The molecule has 1 heterocycles. The molecule has 2 aromatic rings. The van der Waals surface area contributed by atoms with Crippen LogP contribution in [-0.2, 0) is 0 Å². The maximum Gasteiger partial charge on any atom is 0.326 e. The molecule has 2 rings (SSSR count). The SMILES string of the molecule is O=C(NC(=O)c1ccco1)Nc1cccc(Cl)c1. The first-order chi connectivity index (χ1) is 8.65. The minimum atomic E-state index is -0.654. The highest BCUT2D eigenvalue weighted by atomic mass is 35.5. The topological polar surface area (TPSA) is 71.3 Å². The standard InChI is InChI=1S/C12H9ClN2O3/c13-8-3-1-4-9(7-8)14-12(17)15-11(16)10-5-2-6-18-10/h1-7H,(H2,14,15,16,17). The number of halogens is 1. The second-order valence-electron chi connectivity index (χ2n) is 3.40. The minimum Gasteiger partial charge on any atom is -0.459 e. The van der Waals surface area contributed by atoms with Crippen molar-refractivity contribution in [2.45, 2.75) is 0 Å². The highest BCUT2D eigenvalue weighted by molar-refractivity contribution is 6.30. The van der Waals surface area contributed by atoms with Crippen molar-refractivity contribution >= 4 is 29.2 Å². The molecule has 0 saturated heterocycles. The molecule has 0 fully saturated rings. The maximum atomic E-state index is 11.5. The van der Waals surface area contributed by atoms with Crippen LogP contribution in [0.2, 0.25) is 5.02 Å². The average Bonchev–Trinajstić information content (AvgIpc) is 2.81. The van der Waals surface area contributed by atoms with Crippen molar-refractivity contribution in [3.8, 4) is 0 Å². The molecule has 18 heavy (non-hydrogen) atoms. The third-order valence-electron chi connectivity index (χ3n) is 2.05. The summed E-state index contributed by atoms with van der Waals surface area (Å²) in [4.78, 5) is 23.0. The number of hydrogen-bond acceptors (Lipinski definition) is 3. The largest absolute Gasteiger partial charge is 0.459 e. The zero-order valence-corrected chi connectivity index (χ0v) is 9.90. The van der Waals surface area contributed by atoms with Crippen molar-refractivity contribution in [3.63, 3.8) is 0 Å². The summed E-state index contributed by atoms with van der Waals surface area (Å²) >= 11 is 5.76. The number of hydrogen-bond donors (Lipinski definition) is 2. The molecule has 1 aromatic carbocycles. The number of carbonyl (C=O) groups excluding carboxylic acids is 2. The van der Waals surface area contributed by atoms with Gasteiger partial charge in [0.2, 0.25) is 0 Å². The van der Waals surface area contributed by atoms with Gasteiger partial charge in [-0.2, -0.15) is 0 Å². The molecule has 1 aromatic heterocycles. The molecule has 0 bridgehead atoms. The fraction of sp³-hybridized carbons (Fsp3) is 0. The third-order valence-corrected chi connectivity index (χ3v) is 2.29. The number of carbonyl (C=O) groups is 2. The molecule has 0 aliphatic rings. The first-order valence-corrected chi connectivity index (χ1v) is 5.44. The normalized spacial score (nSPS) is 9.83. The van der Waals surface area contributed by atoms with Crippen LogP contribution in [0, 0.1) is 0 Å². The Morgan fingerprint density at radius 3 is 2.67 bits per heavy atom. The Balaban J connectivity index is 1.95. The molecule has 0 aliphatic heterocycles. The van der Waals surface area contributed by atoms with Crippen LogP contribution in [0.15, 0.2) is 47.1 Å². The van der Waals surface area contributed by atoms with E-state index in [0.717, 1.165) is 0 Å². The summed E-state index contributed by atoms with van der Waals surface area (Å²) in [5.74, 6) is -0.546. The minimum absolute atomic E-state index is 0.0660. The molecule has 5 nitrogen and oxygen atoms in total. The summed E-state index contributed by atoms with van der Waals surface area (Å²) in [7, 11) is 0. The average molecular weight is 265 g/mol. The van der Waals surface area contributed by atoms with Crippen LogP contribution >= 0.6 is 11.6 Å². The van der Waals surface area contributed by atoms with Gasteiger partial charge in [-0.15, -0.1) is 0 Å². The summed E-state index contributed by atoms with van der Waals surface area (Å²) in [6.07, 6.45) is 1.35. The van der Waals surface area contributed by atoms with Crippen LogP contribution in [0.3, 0.4) is 0 Å². The Bertz CT molecular complexity index is 566. The van der Waals surface area contributed by atoms with E-state index in [1.807, 2.05) is 0 Å². The number of anilines is 1. The lowest BCUT2D eigenvalue weighted by Gasteiger charge is -2.05. The summed E-state index contributed by atoms with van der Waals surface area (Å²) in [5.41, 5.74) is 0.493. The smallest absolute Gasteiger partial charge is 0.326 e. The molecule has 3 amide bonds. The fourth-order valence-corrected chi connectivity index (χ4v) is 1.49. The Hall–Kier alpha value is -2.27. The molecule has 0 unspecified atom stereocenters. The van der Waals surface area contributed by atoms with E-state index in [4.69, 9.17) is 16.0 Å². The molecular formula is C12H9ClN2O3. The Labute approximate surface area is 108 Å². The number of benzene rings is 1. The number of furan rings is 1. The number of amides is 3. The fourth-order valence-electron chi connectivity index (χ4n) is 1.30. The van der Waals surface area contributed by atoms with Gasteiger partial charge in [0.25, 0.3) is 5.91 Å². The van der Waals surface area contributed by atoms with E-state index in [0.29, 0.717) is 10.7 Å². The van der Waals surface area contributed by atoms with E-state index in [2.05, 4.69) is 10.6 Å². The summed E-state index contributed by atoms with van der Waals surface area (Å²) in [6.45, 7) is 0. The van der Waals surface area contributed by atoms with Crippen LogP contribution in [0.4, 0.5) is 10.5 Å². The number of imide groups is 1. The Morgan fingerprint density at radius 1 is 1.17 bits per heavy atom. The van der Waals surface area contributed by atoms with Gasteiger partial charge in [-0.3, -0.25) is 10.1 Å². The highest BCUT2D eigenvalue weighted by Crippen LogP contribution is 2.14. The second-order valence-corrected chi connectivity index (χ2v) is 3.83. The second kappa shape index (κ2) is 5.37. The van der Waals surface area contributed by atoms with E-state index in [-0.39, 0.29) is 5.76 Å². The van der Waals surface area contributed by atoms with Gasteiger partial charge < -0.3 is 9.73 Å². The zero-order valence-electron chi connectivity index (χ0n) is 9.14. The van der Waals surface area contributed by atoms with Gasteiger partial charge in [0.05, 0.1) is 6.26 Å². The van der Waals surface area contributed by atoms with Gasteiger partial charge in [0.1, 0.15) is 0 Å². The molecule has 2 N–H and O–H groups in total. The lowest BCUT2D eigenvalue weighted by molar-refractivity contribution is 0.0940. The van der Waals surface area contributed by atoms with Crippen molar-refractivity contribution in [3.05, 3.63) is 53.4 Å². The molecule has 0 spiro atoms.